The molecule has 1 aliphatic carbocycles. The van der Waals surface area contributed by atoms with Crippen molar-refractivity contribution in [2.24, 2.45) is 11.7 Å². The lowest BCUT2D eigenvalue weighted by Crippen LogP contribution is -2.44. The van der Waals surface area contributed by atoms with E-state index < -0.39 is 15.8 Å². The molecule has 2 rings (SSSR count). The van der Waals surface area contributed by atoms with Gasteiger partial charge in [-0.1, -0.05) is 24.4 Å². The maximum Gasteiger partial charge on any atom is 0.242 e. The Morgan fingerprint density at radius 1 is 1.38 bits per heavy atom. The average molecular weight is 357 g/mol. The number of hydrogen-bond donors (Lipinski definition) is 2. The summed E-state index contributed by atoms with van der Waals surface area (Å²) < 4.78 is 40.2. The average Bonchev–Trinajstić information content (AvgIpc) is 2.89. The highest BCUT2D eigenvalue weighted by molar-refractivity contribution is 7.89. The second-order valence-corrected chi connectivity index (χ2v) is 7.17. The highest BCUT2D eigenvalue weighted by Gasteiger charge is 2.29. The Labute approximate surface area is 135 Å². The molecule has 1 aromatic rings. The lowest BCUT2D eigenvalue weighted by molar-refractivity contribution is 0.405. The van der Waals surface area contributed by atoms with Gasteiger partial charge in [-0.3, -0.25) is 0 Å². The van der Waals surface area contributed by atoms with E-state index in [9.17, 15) is 12.8 Å². The van der Waals surface area contributed by atoms with E-state index in [1.807, 2.05) is 0 Å². The third-order valence-corrected chi connectivity index (χ3v) is 5.69. The van der Waals surface area contributed by atoms with Gasteiger partial charge in [-0.2, -0.15) is 0 Å². The van der Waals surface area contributed by atoms with E-state index in [1.54, 1.807) is 0 Å². The van der Waals surface area contributed by atoms with Gasteiger partial charge in [0.2, 0.25) is 10.0 Å². The molecule has 3 N–H and O–H groups in total. The second kappa shape index (κ2) is 7.74. The first-order valence-electron chi connectivity index (χ1n) is 6.61. The van der Waals surface area contributed by atoms with E-state index in [1.165, 1.54) is 6.07 Å². The number of rotatable bonds is 5. The highest BCUT2D eigenvalue weighted by atomic mass is 35.5. The first-order valence-corrected chi connectivity index (χ1v) is 8.47. The smallest absolute Gasteiger partial charge is 0.242 e. The van der Waals surface area contributed by atoms with Gasteiger partial charge < -0.3 is 5.73 Å². The number of sulfonamides is 1. The maximum absolute atomic E-state index is 13.0. The van der Waals surface area contributed by atoms with Crippen molar-refractivity contribution in [3.05, 3.63) is 29.0 Å². The molecule has 1 fully saturated rings. The standard InChI is InChI=1S/C13H18ClFN2O2S.ClH/c14-11-7-10(15)5-6-13(11)20(18,19)17-12(8-16)9-3-1-2-4-9;/h5-7,9,12,17H,1-4,8,16H2;1H. The third-order valence-electron chi connectivity index (χ3n) is 3.71. The van der Waals surface area contributed by atoms with Crippen molar-refractivity contribution in [2.45, 2.75) is 36.6 Å². The summed E-state index contributed by atoms with van der Waals surface area (Å²) in [6.45, 7) is 0.239. The number of nitrogens with two attached hydrogens (primary N) is 1. The lowest BCUT2D eigenvalue weighted by atomic mass is 9.99. The van der Waals surface area contributed by atoms with Crippen LogP contribution in [0.15, 0.2) is 23.1 Å². The molecule has 1 aromatic carbocycles. The molecule has 0 aliphatic heterocycles. The van der Waals surface area contributed by atoms with Crippen molar-refractivity contribution in [1.29, 1.82) is 0 Å². The van der Waals surface area contributed by atoms with Crippen LogP contribution in [0.5, 0.6) is 0 Å². The highest BCUT2D eigenvalue weighted by Crippen LogP contribution is 2.29. The van der Waals surface area contributed by atoms with Gasteiger partial charge in [0.15, 0.2) is 0 Å². The molecule has 1 atom stereocenters. The van der Waals surface area contributed by atoms with Crippen LogP contribution in [0.4, 0.5) is 4.39 Å². The minimum absolute atomic E-state index is 0. The zero-order valence-corrected chi connectivity index (χ0v) is 13.8. The summed E-state index contributed by atoms with van der Waals surface area (Å²) in [5.41, 5.74) is 5.68. The monoisotopic (exact) mass is 356 g/mol. The Balaban J connectivity index is 0.00000220. The zero-order valence-electron chi connectivity index (χ0n) is 11.4. The van der Waals surface area contributed by atoms with Crippen molar-refractivity contribution < 1.29 is 12.8 Å². The molecule has 0 aromatic heterocycles. The van der Waals surface area contributed by atoms with Crippen LogP contribution in [0.3, 0.4) is 0 Å². The molecule has 1 unspecified atom stereocenters. The topological polar surface area (TPSA) is 72.2 Å². The Hall–Kier alpha value is -0.400. The van der Waals surface area contributed by atoms with E-state index in [0.29, 0.717) is 0 Å². The van der Waals surface area contributed by atoms with E-state index in [4.69, 9.17) is 17.3 Å². The van der Waals surface area contributed by atoms with Gasteiger partial charge >= 0.3 is 0 Å². The Morgan fingerprint density at radius 2 is 2.00 bits per heavy atom. The van der Waals surface area contributed by atoms with Crippen LogP contribution >= 0.6 is 24.0 Å². The van der Waals surface area contributed by atoms with E-state index in [0.717, 1.165) is 37.8 Å². The second-order valence-electron chi connectivity index (χ2n) is 5.08. The summed E-state index contributed by atoms with van der Waals surface area (Å²) in [5, 5.41) is -0.125. The van der Waals surface area contributed by atoms with Crippen molar-refractivity contribution in [1.82, 2.24) is 4.72 Å². The number of hydrogen-bond acceptors (Lipinski definition) is 3. The first-order chi connectivity index (χ1) is 9.44. The van der Waals surface area contributed by atoms with E-state index in [2.05, 4.69) is 4.72 Å². The number of nitrogens with one attached hydrogen (secondary N) is 1. The largest absolute Gasteiger partial charge is 0.329 e. The number of halogens is 3. The minimum Gasteiger partial charge on any atom is -0.329 e. The molecular weight excluding hydrogens is 338 g/mol. The quantitative estimate of drug-likeness (QED) is 0.851. The first kappa shape index (κ1) is 18.6. The fourth-order valence-corrected chi connectivity index (χ4v) is 4.50. The van der Waals surface area contributed by atoms with Crippen LogP contribution in [0.2, 0.25) is 5.02 Å². The Kier molecular flexibility index (Phi) is 6.87. The van der Waals surface area contributed by atoms with Crippen LogP contribution in [0, 0.1) is 11.7 Å². The van der Waals surface area contributed by atoms with Crippen molar-refractivity contribution in [3.8, 4) is 0 Å². The molecule has 0 spiro atoms. The molecule has 0 radical (unpaired) electrons. The minimum atomic E-state index is -3.79. The van der Waals surface area contributed by atoms with Gasteiger partial charge in [-0.15, -0.1) is 12.4 Å². The molecule has 0 amide bonds. The van der Waals surface area contributed by atoms with Crippen LogP contribution < -0.4 is 10.5 Å². The van der Waals surface area contributed by atoms with Crippen molar-refractivity contribution >= 4 is 34.0 Å². The van der Waals surface area contributed by atoms with E-state index in [-0.39, 0.29) is 40.8 Å². The summed E-state index contributed by atoms with van der Waals surface area (Å²) in [4.78, 5) is -0.114. The maximum atomic E-state index is 13.0. The van der Waals surface area contributed by atoms with Crippen LogP contribution in [-0.4, -0.2) is 21.0 Å². The molecular formula is C13H19Cl2FN2O2S. The molecule has 8 heteroatoms. The summed E-state index contributed by atoms with van der Waals surface area (Å²) in [6.07, 6.45) is 4.14. The predicted molar refractivity (Wildman–Crippen MR) is 83.8 cm³/mol. The van der Waals surface area contributed by atoms with Crippen molar-refractivity contribution in [3.63, 3.8) is 0 Å². The molecule has 4 nitrogen and oxygen atoms in total. The fraction of sp³-hybridized carbons (Fsp3) is 0.538. The van der Waals surface area contributed by atoms with Gasteiger partial charge in [0.05, 0.1) is 5.02 Å². The summed E-state index contributed by atoms with van der Waals surface area (Å²) in [6, 6.07) is 2.93. The molecule has 0 saturated heterocycles. The Morgan fingerprint density at radius 3 is 2.52 bits per heavy atom. The predicted octanol–water partition coefficient (Wildman–Crippen LogP) is 2.70. The molecule has 1 saturated carbocycles. The van der Waals surface area contributed by atoms with Crippen LogP contribution in [0.1, 0.15) is 25.7 Å². The van der Waals surface area contributed by atoms with Crippen LogP contribution in [0.25, 0.3) is 0 Å². The van der Waals surface area contributed by atoms with Gasteiger partial charge in [0.25, 0.3) is 0 Å². The van der Waals surface area contributed by atoms with Gasteiger partial charge in [-0.25, -0.2) is 17.5 Å². The summed E-state index contributed by atoms with van der Waals surface area (Å²) in [7, 11) is -3.79. The summed E-state index contributed by atoms with van der Waals surface area (Å²) in [5.74, 6) is -0.311. The van der Waals surface area contributed by atoms with Gasteiger partial charge in [0, 0.05) is 12.6 Å². The molecule has 0 bridgehead atoms. The molecule has 21 heavy (non-hydrogen) atoms. The normalized spacial score (nSPS) is 17.5. The van der Waals surface area contributed by atoms with Gasteiger partial charge in [-0.05, 0) is 37.0 Å². The zero-order chi connectivity index (χ0) is 14.8. The molecule has 0 heterocycles. The van der Waals surface area contributed by atoms with E-state index >= 15 is 0 Å². The molecule has 1 aliphatic rings. The van der Waals surface area contributed by atoms with Gasteiger partial charge in [0.1, 0.15) is 10.7 Å². The number of benzene rings is 1. The SMILES string of the molecule is Cl.NCC(NS(=O)(=O)c1ccc(F)cc1Cl)C1CCCC1. The van der Waals surface area contributed by atoms with Crippen LogP contribution in [-0.2, 0) is 10.0 Å². The lowest BCUT2D eigenvalue weighted by Gasteiger charge is -2.23. The Bertz CT molecular complexity index is 578. The summed E-state index contributed by atoms with van der Waals surface area (Å²) >= 11 is 5.81. The van der Waals surface area contributed by atoms with Crippen molar-refractivity contribution in [2.75, 3.05) is 6.54 Å². The fourth-order valence-electron chi connectivity index (χ4n) is 2.65. The molecule has 120 valence electrons. The third kappa shape index (κ3) is 4.53.